The predicted molar refractivity (Wildman–Crippen MR) is 44.9 cm³/mol. The Kier molecular flexibility index (Phi) is 4.54. The highest BCUT2D eigenvalue weighted by atomic mass is 16.5. The first-order valence-corrected chi connectivity index (χ1v) is 3.64. The van der Waals surface area contributed by atoms with E-state index in [9.17, 15) is 4.79 Å². The molecule has 1 N–H and O–H groups in total. The topological polar surface area (TPSA) is 75.0 Å². The molecule has 13 heavy (non-hydrogen) atoms. The smallest absolute Gasteiger partial charge is 0.344 e. The van der Waals surface area contributed by atoms with E-state index in [4.69, 9.17) is 9.84 Å². The van der Waals surface area contributed by atoms with E-state index >= 15 is 0 Å². The largest absolute Gasteiger partial charge is 0.479 e. The molecule has 1 unspecified atom stereocenters. The zero-order chi connectivity index (χ0) is 8.97. The molecule has 0 spiro atoms. The van der Waals surface area contributed by atoms with Gasteiger partial charge in [-0.3, -0.25) is 0 Å². The van der Waals surface area contributed by atoms with E-state index in [0.29, 0.717) is 5.75 Å². The number of para-hydroxylation sites is 1. The molecule has 0 aromatic heterocycles. The summed E-state index contributed by atoms with van der Waals surface area (Å²) in [4.78, 5) is 10.4. The zero-order valence-corrected chi connectivity index (χ0v) is 7.14. The Labute approximate surface area is 76.1 Å². The predicted octanol–water partition coefficient (Wildman–Crippen LogP) is 1.42. The minimum absolute atomic E-state index is 0. The van der Waals surface area contributed by atoms with Crippen LogP contribution in [-0.4, -0.2) is 17.2 Å². The normalized spacial score (nSPS) is 11.2. The molecule has 1 atom stereocenters. The van der Waals surface area contributed by atoms with E-state index in [1.807, 2.05) is 6.07 Å². The minimum atomic E-state index is -0.959. The van der Waals surface area contributed by atoms with E-state index in [0.717, 1.165) is 0 Å². The molecule has 0 amide bonds. The second-order valence-electron chi connectivity index (χ2n) is 2.41. The Morgan fingerprint density at radius 3 is 2.38 bits per heavy atom. The van der Waals surface area contributed by atoms with Gasteiger partial charge in [0.25, 0.3) is 0 Å². The number of rotatable bonds is 3. The van der Waals surface area contributed by atoms with Crippen molar-refractivity contribution in [2.75, 3.05) is 0 Å². The highest BCUT2D eigenvalue weighted by Gasteiger charge is 2.11. The van der Waals surface area contributed by atoms with Gasteiger partial charge in [-0.15, -0.1) is 0 Å². The third-order valence-electron chi connectivity index (χ3n) is 1.40. The summed E-state index contributed by atoms with van der Waals surface area (Å²) in [6.07, 6.45) is -0.799. The number of benzene rings is 1. The molecule has 1 rings (SSSR count). The van der Waals surface area contributed by atoms with Crippen LogP contribution in [0, 0.1) is 0 Å². The van der Waals surface area contributed by atoms with Crippen LogP contribution in [0.25, 0.3) is 0 Å². The summed E-state index contributed by atoms with van der Waals surface area (Å²) in [6.45, 7) is 1.50. The van der Waals surface area contributed by atoms with Gasteiger partial charge in [0.2, 0.25) is 0 Å². The standard InChI is InChI=1S/C9H10O3.O/c1-7(9(10)11)12-8-5-3-2-4-6-8;/h2-7H,1H3,(H,10,11);. The van der Waals surface area contributed by atoms with Crippen molar-refractivity contribution < 1.29 is 20.1 Å². The quantitative estimate of drug-likeness (QED) is 0.768. The molecule has 0 aliphatic carbocycles. The van der Waals surface area contributed by atoms with E-state index < -0.39 is 12.1 Å². The number of ether oxygens (including phenoxy) is 1. The molecule has 0 fully saturated rings. The third kappa shape index (κ3) is 3.57. The van der Waals surface area contributed by atoms with E-state index in [-0.39, 0.29) is 5.48 Å². The molecule has 0 bridgehead atoms. The van der Waals surface area contributed by atoms with E-state index in [2.05, 4.69) is 0 Å². The Bertz CT molecular complexity index is 258. The molecular weight excluding hydrogens is 172 g/mol. The molecule has 2 radical (unpaired) electrons. The minimum Gasteiger partial charge on any atom is -0.479 e. The lowest BCUT2D eigenvalue weighted by atomic mass is 10.3. The fourth-order valence-electron chi connectivity index (χ4n) is 0.754. The molecule has 4 nitrogen and oxygen atoms in total. The van der Waals surface area contributed by atoms with Crippen LogP contribution in [0.1, 0.15) is 6.92 Å². The fourth-order valence-corrected chi connectivity index (χ4v) is 0.754. The monoisotopic (exact) mass is 182 g/mol. The Morgan fingerprint density at radius 1 is 1.38 bits per heavy atom. The molecule has 70 valence electrons. The van der Waals surface area contributed by atoms with Gasteiger partial charge in [-0.1, -0.05) is 18.2 Å². The second kappa shape index (κ2) is 5.16. The lowest BCUT2D eigenvalue weighted by molar-refractivity contribution is -0.144. The van der Waals surface area contributed by atoms with Crippen molar-refractivity contribution in [3.8, 4) is 5.75 Å². The average molecular weight is 182 g/mol. The molecule has 1 aromatic carbocycles. The van der Waals surface area contributed by atoms with Gasteiger partial charge in [-0.25, -0.2) is 4.79 Å². The summed E-state index contributed by atoms with van der Waals surface area (Å²) < 4.78 is 5.08. The fraction of sp³-hybridized carbons (Fsp3) is 0.222. The van der Waals surface area contributed by atoms with E-state index in [1.165, 1.54) is 6.92 Å². The van der Waals surface area contributed by atoms with Crippen LogP contribution in [-0.2, 0) is 10.3 Å². The molecule has 1 aromatic rings. The van der Waals surface area contributed by atoms with Gasteiger partial charge < -0.3 is 9.84 Å². The SMILES string of the molecule is CC(Oc1ccccc1)C(=O)O.[O]. The number of hydrogen-bond acceptors (Lipinski definition) is 2. The molecule has 0 aliphatic heterocycles. The summed E-state index contributed by atoms with van der Waals surface area (Å²) in [5, 5.41) is 8.52. The summed E-state index contributed by atoms with van der Waals surface area (Å²) in [6, 6.07) is 8.88. The van der Waals surface area contributed by atoms with Crippen LogP contribution < -0.4 is 4.74 Å². The van der Waals surface area contributed by atoms with Gasteiger partial charge in [-0.05, 0) is 19.1 Å². The number of carboxylic acid groups (broad SMARTS) is 1. The molecular formula is C9H10O4. The summed E-state index contributed by atoms with van der Waals surface area (Å²) in [5.74, 6) is -0.383. The molecule has 4 heteroatoms. The van der Waals surface area contributed by atoms with Crippen LogP contribution in [0.4, 0.5) is 0 Å². The van der Waals surface area contributed by atoms with E-state index in [1.54, 1.807) is 24.3 Å². The van der Waals surface area contributed by atoms with Crippen molar-refractivity contribution in [3.05, 3.63) is 30.3 Å². The molecule has 0 aliphatic rings. The second-order valence-corrected chi connectivity index (χ2v) is 2.41. The summed E-state index contributed by atoms with van der Waals surface area (Å²) in [7, 11) is 0. The van der Waals surface area contributed by atoms with Crippen molar-refractivity contribution in [1.82, 2.24) is 0 Å². The van der Waals surface area contributed by atoms with Crippen LogP contribution >= 0.6 is 0 Å². The highest BCUT2D eigenvalue weighted by molar-refractivity contribution is 5.72. The lowest BCUT2D eigenvalue weighted by Gasteiger charge is -2.09. The maximum atomic E-state index is 10.4. The van der Waals surface area contributed by atoms with Crippen LogP contribution in [0.2, 0.25) is 0 Å². The maximum absolute atomic E-state index is 10.4. The van der Waals surface area contributed by atoms with Gasteiger partial charge in [0.05, 0.1) is 0 Å². The Morgan fingerprint density at radius 2 is 1.92 bits per heavy atom. The molecule has 0 saturated heterocycles. The van der Waals surface area contributed by atoms with Crippen molar-refractivity contribution in [1.29, 1.82) is 0 Å². The zero-order valence-electron chi connectivity index (χ0n) is 7.14. The van der Waals surface area contributed by atoms with Gasteiger partial charge >= 0.3 is 5.97 Å². The first-order valence-electron chi connectivity index (χ1n) is 3.64. The van der Waals surface area contributed by atoms with Gasteiger partial charge in [0.1, 0.15) is 5.75 Å². The third-order valence-corrected chi connectivity index (χ3v) is 1.40. The van der Waals surface area contributed by atoms with Gasteiger partial charge in [0, 0.05) is 5.48 Å². The summed E-state index contributed by atoms with van der Waals surface area (Å²) >= 11 is 0. The van der Waals surface area contributed by atoms with Gasteiger partial charge in [0.15, 0.2) is 6.10 Å². The Hall–Kier alpha value is -1.55. The van der Waals surface area contributed by atoms with Gasteiger partial charge in [-0.2, -0.15) is 0 Å². The van der Waals surface area contributed by atoms with Crippen LogP contribution in [0.15, 0.2) is 30.3 Å². The number of carbonyl (C=O) groups is 1. The maximum Gasteiger partial charge on any atom is 0.344 e. The number of hydrogen-bond donors (Lipinski definition) is 1. The highest BCUT2D eigenvalue weighted by Crippen LogP contribution is 2.10. The first kappa shape index (κ1) is 11.4. The average Bonchev–Trinajstić information content (AvgIpc) is 2.06. The first-order chi connectivity index (χ1) is 5.70. The van der Waals surface area contributed by atoms with Crippen molar-refractivity contribution in [3.63, 3.8) is 0 Å². The molecule has 0 heterocycles. The number of carboxylic acids is 1. The van der Waals surface area contributed by atoms with Crippen molar-refractivity contribution in [2.45, 2.75) is 13.0 Å². The van der Waals surface area contributed by atoms with Crippen LogP contribution in [0.3, 0.4) is 0 Å². The molecule has 0 saturated carbocycles. The van der Waals surface area contributed by atoms with Crippen molar-refractivity contribution >= 4 is 5.97 Å². The summed E-state index contributed by atoms with van der Waals surface area (Å²) in [5.41, 5.74) is 0. The Balaban J connectivity index is 0.00000144. The lowest BCUT2D eigenvalue weighted by Crippen LogP contribution is -2.22. The van der Waals surface area contributed by atoms with Crippen LogP contribution in [0.5, 0.6) is 5.75 Å². The van der Waals surface area contributed by atoms with Crippen molar-refractivity contribution in [2.24, 2.45) is 0 Å². The number of aliphatic carboxylic acids is 1.